The second-order valence-electron chi connectivity index (χ2n) is 5.91. The molecule has 146 valence electrons. The van der Waals surface area contributed by atoms with E-state index in [4.69, 9.17) is 0 Å². The number of para-hydroxylation sites is 2. The van der Waals surface area contributed by atoms with Gasteiger partial charge in [-0.15, -0.1) is 0 Å². The summed E-state index contributed by atoms with van der Waals surface area (Å²) in [5, 5.41) is 9.51. The van der Waals surface area contributed by atoms with E-state index in [0.717, 1.165) is 16.7 Å². The van der Waals surface area contributed by atoms with Gasteiger partial charge in [-0.05, 0) is 24.3 Å². The summed E-state index contributed by atoms with van der Waals surface area (Å²) in [5.74, 6) is 0.765. The number of hydrogen-bond donors (Lipinski definition) is 3. The first-order chi connectivity index (χ1) is 13.6. The average molecular weight is 386 g/mol. The van der Waals surface area contributed by atoms with Crippen molar-refractivity contribution < 1.29 is 18.3 Å². The molecule has 1 heterocycles. The standard InChI is InChI=1S/C20H20F2N4O2/c21-19(22)28-17-8-4-2-6-15(17)13-25-20(27)24-12-11-23-18-10-9-14-5-1-3-7-16(14)26-18/h1-10,19H,11-13H2,(H,23,26)(H2,24,25,27). The highest BCUT2D eigenvalue weighted by Crippen LogP contribution is 2.19. The van der Waals surface area contributed by atoms with Gasteiger partial charge in [0.25, 0.3) is 0 Å². The number of anilines is 1. The highest BCUT2D eigenvalue weighted by Gasteiger charge is 2.09. The van der Waals surface area contributed by atoms with Crippen LogP contribution in [-0.4, -0.2) is 30.7 Å². The molecule has 3 N–H and O–H groups in total. The van der Waals surface area contributed by atoms with Crippen molar-refractivity contribution in [3.63, 3.8) is 0 Å². The zero-order valence-electron chi connectivity index (χ0n) is 15.0. The number of rotatable bonds is 8. The number of fused-ring (bicyclic) bond motifs is 1. The number of nitrogens with zero attached hydrogens (tertiary/aromatic N) is 1. The summed E-state index contributed by atoms with van der Waals surface area (Å²) in [4.78, 5) is 16.4. The first-order valence-electron chi connectivity index (χ1n) is 8.76. The summed E-state index contributed by atoms with van der Waals surface area (Å²) in [6.45, 7) is -1.97. The molecule has 0 saturated heterocycles. The Morgan fingerprint density at radius 3 is 2.61 bits per heavy atom. The van der Waals surface area contributed by atoms with Gasteiger partial charge in [0.05, 0.1) is 5.52 Å². The van der Waals surface area contributed by atoms with Crippen molar-refractivity contribution in [3.05, 3.63) is 66.2 Å². The third-order valence-corrected chi connectivity index (χ3v) is 3.94. The van der Waals surface area contributed by atoms with Gasteiger partial charge in [-0.25, -0.2) is 9.78 Å². The maximum Gasteiger partial charge on any atom is 0.387 e. The quantitative estimate of drug-likeness (QED) is 0.516. The summed E-state index contributed by atoms with van der Waals surface area (Å²) in [7, 11) is 0. The molecule has 0 spiro atoms. The number of aromatic nitrogens is 1. The van der Waals surface area contributed by atoms with Crippen molar-refractivity contribution >= 4 is 22.8 Å². The average Bonchev–Trinajstić information content (AvgIpc) is 2.70. The van der Waals surface area contributed by atoms with Gasteiger partial charge in [0, 0.05) is 30.6 Å². The van der Waals surface area contributed by atoms with Gasteiger partial charge in [0.1, 0.15) is 11.6 Å². The predicted molar refractivity (Wildman–Crippen MR) is 104 cm³/mol. The molecule has 1 aromatic heterocycles. The monoisotopic (exact) mass is 386 g/mol. The van der Waals surface area contributed by atoms with Crippen LogP contribution in [0, 0.1) is 0 Å². The van der Waals surface area contributed by atoms with E-state index in [9.17, 15) is 13.6 Å². The van der Waals surface area contributed by atoms with Crippen LogP contribution in [0.25, 0.3) is 10.9 Å². The fourth-order valence-electron chi connectivity index (χ4n) is 2.63. The van der Waals surface area contributed by atoms with Crippen molar-refractivity contribution in [2.75, 3.05) is 18.4 Å². The van der Waals surface area contributed by atoms with E-state index in [2.05, 4.69) is 25.7 Å². The predicted octanol–water partition coefficient (Wildman–Crippen LogP) is 3.75. The van der Waals surface area contributed by atoms with Crippen molar-refractivity contribution in [1.82, 2.24) is 15.6 Å². The van der Waals surface area contributed by atoms with E-state index >= 15 is 0 Å². The topological polar surface area (TPSA) is 75.3 Å². The lowest BCUT2D eigenvalue weighted by atomic mass is 10.2. The number of alkyl halides is 2. The van der Waals surface area contributed by atoms with E-state index in [1.165, 1.54) is 6.07 Å². The van der Waals surface area contributed by atoms with Gasteiger partial charge >= 0.3 is 12.6 Å². The van der Waals surface area contributed by atoms with Gasteiger partial charge in [-0.1, -0.05) is 36.4 Å². The van der Waals surface area contributed by atoms with Crippen LogP contribution in [-0.2, 0) is 6.54 Å². The minimum Gasteiger partial charge on any atom is -0.434 e. The van der Waals surface area contributed by atoms with Crippen LogP contribution in [0.1, 0.15) is 5.56 Å². The minimum atomic E-state index is -2.91. The number of halogens is 2. The molecule has 0 radical (unpaired) electrons. The highest BCUT2D eigenvalue weighted by atomic mass is 19.3. The molecular formula is C20H20F2N4O2. The SMILES string of the molecule is O=C(NCCNc1ccc2ccccc2n1)NCc1ccccc1OC(F)F. The maximum atomic E-state index is 12.4. The van der Waals surface area contributed by atoms with E-state index in [1.54, 1.807) is 18.2 Å². The molecule has 0 aliphatic heterocycles. The Morgan fingerprint density at radius 2 is 1.75 bits per heavy atom. The molecule has 28 heavy (non-hydrogen) atoms. The molecule has 2 amide bonds. The van der Waals surface area contributed by atoms with Crippen LogP contribution in [0.15, 0.2) is 60.7 Å². The first-order valence-corrected chi connectivity index (χ1v) is 8.76. The zero-order valence-corrected chi connectivity index (χ0v) is 15.0. The van der Waals surface area contributed by atoms with Gasteiger partial charge < -0.3 is 20.7 Å². The second-order valence-corrected chi connectivity index (χ2v) is 5.91. The lowest BCUT2D eigenvalue weighted by Gasteiger charge is -2.12. The highest BCUT2D eigenvalue weighted by molar-refractivity contribution is 5.80. The van der Waals surface area contributed by atoms with E-state index in [1.807, 2.05) is 36.4 Å². The van der Waals surface area contributed by atoms with Crippen LogP contribution >= 0.6 is 0 Å². The third-order valence-electron chi connectivity index (χ3n) is 3.94. The number of amides is 2. The Bertz CT molecular complexity index is 937. The van der Waals surface area contributed by atoms with Crippen molar-refractivity contribution in [2.45, 2.75) is 13.2 Å². The molecule has 2 aromatic carbocycles. The van der Waals surface area contributed by atoms with Crippen LogP contribution in [0.2, 0.25) is 0 Å². The van der Waals surface area contributed by atoms with Crippen molar-refractivity contribution in [2.24, 2.45) is 0 Å². The second kappa shape index (κ2) is 9.50. The Morgan fingerprint density at radius 1 is 0.964 bits per heavy atom. The smallest absolute Gasteiger partial charge is 0.387 e. The van der Waals surface area contributed by atoms with Gasteiger partial charge in [-0.3, -0.25) is 0 Å². The summed E-state index contributed by atoms with van der Waals surface area (Å²) in [6, 6.07) is 17.6. The number of hydrogen-bond acceptors (Lipinski definition) is 4. The molecule has 0 fully saturated rings. The van der Waals surface area contributed by atoms with E-state index < -0.39 is 12.6 Å². The maximum absolute atomic E-state index is 12.4. The van der Waals surface area contributed by atoms with Gasteiger partial charge in [-0.2, -0.15) is 8.78 Å². The molecule has 6 nitrogen and oxygen atoms in total. The summed E-state index contributed by atoms with van der Waals surface area (Å²) in [6.07, 6.45) is 0. The summed E-state index contributed by atoms with van der Waals surface area (Å²) >= 11 is 0. The zero-order chi connectivity index (χ0) is 19.8. The Labute approximate surface area is 160 Å². The molecule has 0 unspecified atom stereocenters. The molecule has 3 aromatic rings. The number of nitrogens with one attached hydrogen (secondary N) is 3. The normalized spacial score (nSPS) is 10.7. The lowest BCUT2D eigenvalue weighted by Crippen LogP contribution is -2.37. The number of benzene rings is 2. The van der Waals surface area contributed by atoms with Crippen LogP contribution < -0.4 is 20.7 Å². The number of carbonyl (C=O) groups is 1. The van der Waals surface area contributed by atoms with Crippen molar-refractivity contribution in [3.8, 4) is 5.75 Å². The molecule has 8 heteroatoms. The van der Waals surface area contributed by atoms with Gasteiger partial charge in [0.2, 0.25) is 0 Å². The number of urea groups is 1. The molecule has 0 aliphatic rings. The molecule has 0 bridgehead atoms. The third kappa shape index (κ3) is 5.54. The first kappa shape index (κ1) is 19.3. The fraction of sp³-hybridized carbons (Fsp3) is 0.200. The van der Waals surface area contributed by atoms with Gasteiger partial charge in [0.15, 0.2) is 0 Å². The molecule has 0 atom stereocenters. The molecular weight excluding hydrogens is 366 g/mol. The van der Waals surface area contributed by atoms with E-state index in [-0.39, 0.29) is 12.3 Å². The van der Waals surface area contributed by atoms with Crippen LogP contribution in [0.5, 0.6) is 5.75 Å². The minimum absolute atomic E-state index is 0.0434. The van der Waals surface area contributed by atoms with E-state index in [0.29, 0.717) is 18.7 Å². The number of carbonyl (C=O) groups excluding carboxylic acids is 1. The number of ether oxygens (including phenoxy) is 1. The largest absolute Gasteiger partial charge is 0.434 e. The molecule has 0 aliphatic carbocycles. The summed E-state index contributed by atoms with van der Waals surface area (Å²) < 4.78 is 29.2. The Balaban J connectivity index is 1.41. The van der Waals surface area contributed by atoms with Crippen LogP contribution in [0.3, 0.4) is 0 Å². The Hall–Kier alpha value is -3.42. The summed E-state index contributed by atoms with van der Waals surface area (Å²) in [5.41, 5.74) is 1.36. The fourth-order valence-corrected chi connectivity index (χ4v) is 2.63. The molecule has 0 saturated carbocycles. The Kier molecular flexibility index (Phi) is 6.56. The van der Waals surface area contributed by atoms with Crippen molar-refractivity contribution in [1.29, 1.82) is 0 Å². The van der Waals surface area contributed by atoms with Crippen LogP contribution in [0.4, 0.5) is 19.4 Å². The molecule has 3 rings (SSSR count). The lowest BCUT2D eigenvalue weighted by molar-refractivity contribution is -0.0504. The number of pyridine rings is 1.